The van der Waals surface area contributed by atoms with Crippen LogP contribution in [0.25, 0.3) is 0 Å². The number of nitrogens with one attached hydrogen (secondary N) is 1. The topological polar surface area (TPSA) is 49.3 Å². The van der Waals surface area contributed by atoms with Crippen molar-refractivity contribution in [3.63, 3.8) is 0 Å². The Morgan fingerprint density at radius 3 is 2.68 bits per heavy atom. The van der Waals surface area contributed by atoms with Crippen molar-refractivity contribution in [2.75, 3.05) is 6.54 Å². The number of carbonyl (C=O) groups is 1. The lowest BCUT2D eigenvalue weighted by molar-refractivity contribution is 0.00526. The summed E-state index contributed by atoms with van der Waals surface area (Å²) in [5.74, 6) is -0.154. The predicted molar refractivity (Wildman–Crippen MR) is 76.6 cm³/mol. The molecule has 1 fully saturated rings. The van der Waals surface area contributed by atoms with Gasteiger partial charge < -0.3 is 10.4 Å². The van der Waals surface area contributed by atoms with Crippen molar-refractivity contribution in [3.05, 3.63) is 34.3 Å². The van der Waals surface area contributed by atoms with Gasteiger partial charge in [0.15, 0.2) is 0 Å². The van der Waals surface area contributed by atoms with Gasteiger partial charge >= 0.3 is 0 Å². The van der Waals surface area contributed by atoms with Crippen LogP contribution in [0.2, 0.25) is 5.02 Å². The van der Waals surface area contributed by atoms with Gasteiger partial charge in [-0.05, 0) is 43.5 Å². The van der Waals surface area contributed by atoms with Gasteiger partial charge in [-0.25, -0.2) is 0 Å². The molecule has 1 aromatic rings. The maximum atomic E-state index is 12.0. The number of rotatable bonds is 3. The smallest absolute Gasteiger partial charge is 0.251 e. The van der Waals surface area contributed by atoms with Crippen LogP contribution in [0.4, 0.5) is 0 Å². The lowest BCUT2D eigenvalue weighted by Gasteiger charge is -2.32. The maximum Gasteiger partial charge on any atom is 0.251 e. The highest BCUT2D eigenvalue weighted by Gasteiger charge is 2.29. The molecule has 1 aromatic carbocycles. The second-order valence-corrected chi connectivity index (χ2v) is 5.84. The minimum atomic E-state index is -0.727. The molecule has 104 valence electrons. The standard InChI is InChI=1S/C15H20ClNO2/c1-11-9-12(5-6-13(11)16)14(18)17-10-15(19)7-3-2-4-8-15/h5-6,9,19H,2-4,7-8,10H2,1H3,(H,17,18). The van der Waals surface area contributed by atoms with Gasteiger partial charge in [0.2, 0.25) is 0 Å². The molecule has 19 heavy (non-hydrogen) atoms. The molecule has 0 atom stereocenters. The molecule has 0 bridgehead atoms. The number of amides is 1. The summed E-state index contributed by atoms with van der Waals surface area (Å²) in [5.41, 5.74) is 0.738. The summed E-state index contributed by atoms with van der Waals surface area (Å²) in [5, 5.41) is 13.8. The minimum Gasteiger partial charge on any atom is -0.388 e. The van der Waals surface area contributed by atoms with Crippen LogP contribution in [0.15, 0.2) is 18.2 Å². The number of halogens is 1. The lowest BCUT2D eigenvalue weighted by atomic mass is 9.85. The Kier molecular flexibility index (Phi) is 4.48. The molecular formula is C15H20ClNO2. The average Bonchev–Trinajstić information content (AvgIpc) is 2.40. The van der Waals surface area contributed by atoms with Crippen LogP contribution >= 0.6 is 11.6 Å². The molecule has 2 rings (SSSR count). The molecule has 1 aliphatic rings. The summed E-state index contributed by atoms with van der Waals surface area (Å²) >= 11 is 5.93. The molecule has 2 N–H and O–H groups in total. The summed E-state index contributed by atoms with van der Waals surface area (Å²) in [6, 6.07) is 5.19. The van der Waals surface area contributed by atoms with Crippen LogP contribution in [0.3, 0.4) is 0 Å². The number of hydrogen-bond donors (Lipinski definition) is 2. The summed E-state index contributed by atoms with van der Waals surface area (Å²) in [6.07, 6.45) is 4.78. The van der Waals surface area contributed by atoms with Crippen molar-refractivity contribution >= 4 is 17.5 Å². The zero-order chi connectivity index (χ0) is 13.9. The highest BCUT2D eigenvalue weighted by atomic mass is 35.5. The summed E-state index contributed by atoms with van der Waals surface area (Å²) in [4.78, 5) is 12.0. The van der Waals surface area contributed by atoms with E-state index in [4.69, 9.17) is 11.6 Å². The Balaban J connectivity index is 1.95. The van der Waals surface area contributed by atoms with Crippen molar-refractivity contribution in [1.29, 1.82) is 0 Å². The molecule has 4 heteroatoms. The largest absolute Gasteiger partial charge is 0.388 e. The van der Waals surface area contributed by atoms with Gasteiger partial charge in [0, 0.05) is 17.1 Å². The van der Waals surface area contributed by atoms with E-state index < -0.39 is 5.60 Å². The zero-order valence-corrected chi connectivity index (χ0v) is 12.0. The number of aryl methyl sites for hydroxylation is 1. The SMILES string of the molecule is Cc1cc(C(=O)NCC2(O)CCCCC2)ccc1Cl. The first-order valence-electron chi connectivity index (χ1n) is 6.77. The number of hydrogen-bond acceptors (Lipinski definition) is 2. The predicted octanol–water partition coefficient (Wildman–Crippen LogP) is 3.07. The number of benzene rings is 1. The average molecular weight is 282 g/mol. The van der Waals surface area contributed by atoms with Crippen LogP contribution in [-0.4, -0.2) is 23.2 Å². The Bertz CT molecular complexity index is 467. The summed E-state index contributed by atoms with van der Waals surface area (Å²) in [7, 11) is 0. The maximum absolute atomic E-state index is 12.0. The number of carbonyl (C=O) groups excluding carboxylic acids is 1. The quantitative estimate of drug-likeness (QED) is 0.894. The van der Waals surface area contributed by atoms with Gasteiger partial charge in [-0.15, -0.1) is 0 Å². The molecule has 1 aliphatic carbocycles. The van der Waals surface area contributed by atoms with E-state index in [1.54, 1.807) is 18.2 Å². The van der Waals surface area contributed by atoms with Crippen molar-refractivity contribution in [1.82, 2.24) is 5.32 Å². The monoisotopic (exact) mass is 281 g/mol. The van der Waals surface area contributed by atoms with Crippen LogP contribution in [0.1, 0.15) is 48.0 Å². The fourth-order valence-electron chi connectivity index (χ4n) is 2.52. The van der Waals surface area contributed by atoms with Crippen LogP contribution in [-0.2, 0) is 0 Å². The van der Waals surface area contributed by atoms with E-state index in [1.165, 1.54) is 6.42 Å². The van der Waals surface area contributed by atoms with E-state index in [9.17, 15) is 9.90 Å². The van der Waals surface area contributed by atoms with E-state index in [-0.39, 0.29) is 5.91 Å². The Hall–Kier alpha value is -1.06. The summed E-state index contributed by atoms with van der Waals surface area (Å²) < 4.78 is 0. The van der Waals surface area contributed by atoms with Crippen LogP contribution in [0, 0.1) is 6.92 Å². The first kappa shape index (κ1) is 14.4. The third kappa shape index (κ3) is 3.71. The van der Waals surface area contributed by atoms with Crippen molar-refractivity contribution in [3.8, 4) is 0 Å². The third-order valence-corrected chi connectivity index (χ3v) is 4.21. The Morgan fingerprint density at radius 1 is 1.37 bits per heavy atom. The van der Waals surface area contributed by atoms with E-state index >= 15 is 0 Å². The molecule has 0 unspecified atom stereocenters. The molecule has 0 heterocycles. The van der Waals surface area contributed by atoms with Crippen molar-refractivity contribution in [2.45, 2.75) is 44.6 Å². The second-order valence-electron chi connectivity index (χ2n) is 5.43. The fourth-order valence-corrected chi connectivity index (χ4v) is 2.64. The molecule has 1 saturated carbocycles. The van der Waals surface area contributed by atoms with Crippen LogP contribution < -0.4 is 5.32 Å². The zero-order valence-electron chi connectivity index (χ0n) is 11.2. The minimum absolute atomic E-state index is 0.154. The Labute approximate surface area is 119 Å². The molecular weight excluding hydrogens is 262 g/mol. The number of aliphatic hydroxyl groups is 1. The van der Waals surface area contributed by atoms with Crippen molar-refractivity contribution < 1.29 is 9.90 Å². The normalized spacial score (nSPS) is 18.1. The van der Waals surface area contributed by atoms with E-state index in [0.29, 0.717) is 17.1 Å². The highest BCUT2D eigenvalue weighted by Crippen LogP contribution is 2.27. The van der Waals surface area contributed by atoms with Gasteiger partial charge in [0.25, 0.3) is 5.91 Å². The molecule has 0 spiro atoms. The third-order valence-electron chi connectivity index (χ3n) is 3.78. The molecule has 0 aliphatic heterocycles. The van der Waals surface area contributed by atoms with Gasteiger partial charge in [-0.2, -0.15) is 0 Å². The van der Waals surface area contributed by atoms with E-state index in [0.717, 1.165) is 31.2 Å². The molecule has 3 nitrogen and oxygen atoms in total. The lowest BCUT2D eigenvalue weighted by Crippen LogP contribution is -2.44. The van der Waals surface area contributed by atoms with Crippen LogP contribution in [0.5, 0.6) is 0 Å². The Morgan fingerprint density at radius 2 is 2.05 bits per heavy atom. The second kappa shape index (κ2) is 5.93. The van der Waals surface area contributed by atoms with Gasteiger partial charge in [-0.3, -0.25) is 4.79 Å². The fraction of sp³-hybridized carbons (Fsp3) is 0.533. The first-order valence-corrected chi connectivity index (χ1v) is 7.15. The summed E-state index contributed by atoms with van der Waals surface area (Å²) in [6.45, 7) is 2.20. The molecule has 1 amide bonds. The van der Waals surface area contributed by atoms with Crippen molar-refractivity contribution in [2.24, 2.45) is 0 Å². The van der Waals surface area contributed by atoms with E-state index in [1.807, 2.05) is 6.92 Å². The van der Waals surface area contributed by atoms with Gasteiger partial charge in [0.1, 0.15) is 0 Å². The van der Waals surface area contributed by atoms with Gasteiger partial charge in [-0.1, -0.05) is 30.9 Å². The molecule has 0 aromatic heterocycles. The van der Waals surface area contributed by atoms with Gasteiger partial charge in [0.05, 0.1) is 5.60 Å². The highest BCUT2D eigenvalue weighted by molar-refractivity contribution is 6.31. The van der Waals surface area contributed by atoms with E-state index in [2.05, 4.69) is 5.32 Å². The molecule has 0 radical (unpaired) electrons. The molecule has 0 saturated heterocycles. The first-order chi connectivity index (χ1) is 9.00.